The minimum atomic E-state index is -0.575. The number of phenolic OH excluding ortho intramolecular Hbond substituents is 1. The van der Waals surface area contributed by atoms with Crippen LogP contribution in [0.15, 0.2) is 48.5 Å². The molecule has 2 aromatic rings. The number of phenols is 1. The lowest BCUT2D eigenvalue weighted by Gasteiger charge is -2.04. The maximum absolute atomic E-state index is 11.5. The topological polar surface area (TPSA) is 75.6 Å². The number of alkyl carbamates (subject to hydrolysis) is 1. The van der Waals surface area contributed by atoms with Gasteiger partial charge in [-0.15, -0.1) is 0 Å². The lowest BCUT2D eigenvalue weighted by molar-refractivity contribution is 0.112. The van der Waals surface area contributed by atoms with Crippen LogP contribution >= 0.6 is 0 Å². The van der Waals surface area contributed by atoms with E-state index in [1.807, 2.05) is 30.3 Å². The molecular weight excluding hydrogens is 294 g/mol. The fourth-order valence-corrected chi connectivity index (χ4v) is 1.79. The van der Waals surface area contributed by atoms with E-state index in [2.05, 4.69) is 17.2 Å². The zero-order valence-corrected chi connectivity index (χ0v) is 12.3. The number of aromatic hydroxyl groups is 1. The molecule has 0 heterocycles. The molecule has 0 bridgehead atoms. The summed E-state index contributed by atoms with van der Waals surface area (Å²) in [6.07, 6.45) is -0.0197. The second-order valence-corrected chi connectivity index (χ2v) is 4.58. The summed E-state index contributed by atoms with van der Waals surface area (Å²) in [5.41, 5.74) is 1.39. The van der Waals surface area contributed by atoms with Gasteiger partial charge in [0.2, 0.25) is 0 Å². The molecule has 1 amide bonds. The highest BCUT2D eigenvalue weighted by Gasteiger charge is 2.03. The van der Waals surface area contributed by atoms with Gasteiger partial charge in [-0.2, -0.15) is 0 Å². The highest BCUT2D eigenvalue weighted by Crippen LogP contribution is 2.19. The quantitative estimate of drug-likeness (QED) is 0.672. The lowest BCUT2D eigenvalue weighted by Crippen LogP contribution is -2.24. The second-order valence-electron chi connectivity index (χ2n) is 4.58. The van der Waals surface area contributed by atoms with E-state index in [1.54, 1.807) is 12.1 Å². The Kier molecular flexibility index (Phi) is 5.78. The van der Waals surface area contributed by atoms with Crippen molar-refractivity contribution in [2.45, 2.75) is 6.61 Å². The van der Waals surface area contributed by atoms with E-state index in [4.69, 9.17) is 4.74 Å². The number of rotatable bonds is 4. The molecule has 5 heteroatoms. The average Bonchev–Trinajstić information content (AvgIpc) is 2.59. The molecule has 0 atom stereocenters. The zero-order chi connectivity index (χ0) is 16.5. The molecule has 2 aromatic carbocycles. The van der Waals surface area contributed by atoms with Crippen molar-refractivity contribution < 1.29 is 19.4 Å². The van der Waals surface area contributed by atoms with Crippen molar-refractivity contribution in [1.82, 2.24) is 5.32 Å². The van der Waals surface area contributed by atoms with Gasteiger partial charge >= 0.3 is 6.09 Å². The first-order chi connectivity index (χ1) is 11.2. The maximum Gasteiger partial charge on any atom is 0.408 e. The third kappa shape index (κ3) is 4.90. The molecule has 0 aromatic heterocycles. The van der Waals surface area contributed by atoms with Gasteiger partial charge in [-0.05, 0) is 17.7 Å². The number of carbonyl (C=O) groups excluding carboxylic acids is 2. The van der Waals surface area contributed by atoms with Crippen LogP contribution in [-0.4, -0.2) is 24.0 Å². The number of para-hydroxylation sites is 1. The van der Waals surface area contributed by atoms with Crippen LogP contribution in [0.5, 0.6) is 5.75 Å². The predicted octanol–water partition coefficient (Wildman–Crippen LogP) is 2.48. The smallest absolute Gasteiger partial charge is 0.408 e. The molecule has 2 N–H and O–H groups in total. The zero-order valence-electron chi connectivity index (χ0n) is 12.3. The summed E-state index contributed by atoms with van der Waals surface area (Å²) < 4.78 is 5.03. The molecule has 5 nitrogen and oxygen atoms in total. The number of hydrogen-bond donors (Lipinski definition) is 2. The maximum atomic E-state index is 11.5. The highest BCUT2D eigenvalue weighted by molar-refractivity contribution is 5.80. The average molecular weight is 309 g/mol. The van der Waals surface area contributed by atoms with Crippen molar-refractivity contribution in [1.29, 1.82) is 0 Å². The molecule has 0 aliphatic rings. The Bertz CT molecular complexity index is 745. The van der Waals surface area contributed by atoms with Crippen LogP contribution < -0.4 is 5.32 Å². The van der Waals surface area contributed by atoms with Gasteiger partial charge in [0.05, 0.1) is 17.7 Å². The van der Waals surface area contributed by atoms with Crippen LogP contribution in [-0.2, 0) is 11.3 Å². The highest BCUT2D eigenvalue weighted by atomic mass is 16.5. The summed E-state index contributed by atoms with van der Waals surface area (Å²) in [4.78, 5) is 22.2. The number of ether oxygens (including phenoxy) is 1. The van der Waals surface area contributed by atoms with Crippen LogP contribution in [0.3, 0.4) is 0 Å². The van der Waals surface area contributed by atoms with Gasteiger partial charge in [-0.25, -0.2) is 4.79 Å². The first kappa shape index (κ1) is 16.1. The molecule has 0 radical (unpaired) electrons. The second kappa shape index (κ2) is 8.25. The van der Waals surface area contributed by atoms with Crippen molar-refractivity contribution in [2.75, 3.05) is 6.54 Å². The van der Waals surface area contributed by atoms with E-state index >= 15 is 0 Å². The van der Waals surface area contributed by atoms with Crippen molar-refractivity contribution in [3.05, 3.63) is 65.2 Å². The van der Waals surface area contributed by atoms with E-state index < -0.39 is 6.09 Å². The van der Waals surface area contributed by atoms with Crippen LogP contribution in [0.4, 0.5) is 4.79 Å². The van der Waals surface area contributed by atoms with Gasteiger partial charge in [-0.3, -0.25) is 4.79 Å². The molecule has 0 saturated carbocycles. The Morgan fingerprint density at radius 1 is 1.17 bits per heavy atom. The van der Waals surface area contributed by atoms with Gasteiger partial charge in [0, 0.05) is 0 Å². The van der Waals surface area contributed by atoms with Gasteiger partial charge in [0.25, 0.3) is 0 Å². The van der Waals surface area contributed by atoms with Crippen molar-refractivity contribution >= 4 is 12.4 Å². The minimum Gasteiger partial charge on any atom is -0.506 e. The van der Waals surface area contributed by atoms with E-state index in [1.165, 1.54) is 6.07 Å². The number of amides is 1. The summed E-state index contributed by atoms with van der Waals surface area (Å²) in [7, 11) is 0. The van der Waals surface area contributed by atoms with E-state index in [-0.39, 0.29) is 24.5 Å². The SMILES string of the molecule is O=Cc1cccc(C#CCNC(=O)OCc2ccccc2)c1O. The van der Waals surface area contributed by atoms with E-state index in [9.17, 15) is 14.7 Å². The van der Waals surface area contributed by atoms with Crippen molar-refractivity contribution in [2.24, 2.45) is 0 Å². The summed E-state index contributed by atoms with van der Waals surface area (Å²) in [6, 6.07) is 14.0. The van der Waals surface area contributed by atoms with Gasteiger partial charge < -0.3 is 15.2 Å². The third-order valence-corrected chi connectivity index (χ3v) is 2.95. The molecule has 23 heavy (non-hydrogen) atoms. The predicted molar refractivity (Wildman–Crippen MR) is 85.0 cm³/mol. The molecule has 116 valence electrons. The molecule has 0 unspecified atom stereocenters. The van der Waals surface area contributed by atoms with Crippen LogP contribution in [0.25, 0.3) is 0 Å². The Morgan fingerprint density at radius 2 is 1.96 bits per heavy atom. The summed E-state index contributed by atoms with van der Waals surface area (Å²) in [5.74, 6) is 5.21. The number of nitrogens with one attached hydrogen (secondary N) is 1. The third-order valence-electron chi connectivity index (χ3n) is 2.95. The van der Waals surface area contributed by atoms with Gasteiger partial charge in [-0.1, -0.05) is 48.2 Å². The number of benzene rings is 2. The van der Waals surface area contributed by atoms with Crippen molar-refractivity contribution in [3.63, 3.8) is 0 Å². The number of aldehydes is 1. The molecule has 0 fully saturated rings. The Labute approximate surface area is 133 Å². The van der Waals surface area contributed by atoms with Crippen LogP contribution in [0.2, 0.25) is 0 Å². The molecule has 0 spiro atoms. The standard InChI is InChI=1S/C18H15NO4/c20-12-16-9-4-8-15(17(16)21)10-5-11-19-18(22)23-13-14-6-2-1-3-7-14/h1-4,6-9,12,21H,11,13H2,(H,19,22). The Hall–Kier alpha value is -3.26. The molecular formula is C18H15NO4. The summed E-state index contributed by atoms with van der Waals surface area (Å²) >= 11 is 0. The van der Waals surface area contributed by atoms with Crippen molar-refractivity contribution in [3.8, 4) is 17.6 Å². The normalized spacial score (nSPS) is 9.39. The summed E-state index contributed by atoms with van der Waals surface area (Å²) in [5, 5.41) is 12.2. The largest absolute Gasteiger partial charge is 0.506 e. The monoisotopic (exact) mass is 309 g/mol. The molecule has 0 aliphatic heterocycles. The van der Waals surface area contributed by atoms with Crippen LogP contribution in [0.1, 0.15) is 21.5 Å². The van der Waals surface area contributed by atoms with Gasteiger partial charge in [0.1, 0.15) is 12.4 Å². The van der Waals surface area contributed by atoms with Crippen LogP contribution in [0, 0.1) is 11.8 Å². The fraction of sp³-hybridized carbons (Fsp3) is 0.111. The first-order valence-electron chi connectivity index (χ1n) is 6.91. The number of carbonyl (C=O) groups is 2. The van der Waals surface area contributed by atoms with E-state index in [0.29, 0.717) is 11.8 Å². The van der Waals surface area contributed by atoms with Gasteiger partial charge in [0.15, 0.2) is 6.29 Å². The Morgan fingerprint density at radius 3 is 2.70 bits per heavy atom. The molecule has 0 aliphatic carbocycles. The van der Waals surface area contributed by atoms with E-state index in [0.717, 1.165) is 5.56 Å². The minimum absolute atomic E-state index is 0.0678. The number of hydrogen-bond acceptors (Lipinski definition) is 4. The molecule has 2 rings (SSSR count). The lowest BCUT2D eigenvalue weighted by atomic mass is 10.1. The first-order valence-corrected chi connectivity index (χ1v) is 6.91. The summed E-state index contributed by atoms with van der Waals surface area (Å²) in [6.45, 7) is 0.251. The Balaban J connectivity index is 1.81. The molecule has 0 saturated heterocycles. The fourth-order valence-electron chi connectivity index (χ4n) is 1.79.